The lowest BCUT2D eigenvalue weighted by atomic mass is 9.73. The van der Waals surface area contributed by atoms with Gasteiger partial charge in [-0.3, -0.25) is 0 Å². The first-order chi connectivity index (χ1) is 22.3. The van der Waals surface area contributed by atoms with E-state index < -0.39 is 0 Å². The average Bonchev–Trinajstić information content (AvgIpc) is 3.09. The Morgan fingerprint density at radius 2 is 0.826 bits per heavy atom. The number of benzene rings is 6. The highest BCUT2D eigenvalue weighted by molar-refractivity contribution is 6.02. The molecule has 2 aliphatic rings. The van der Waals surface area contributed by atoms with Crippen molar-refractivity contribution in [3.63, 3.8) is 0 Å². The van der Waals surface area contributed by atoms with Gasteiger partial charge in [0.1, 0.15) is 0 Å². The van der Waals surface area contributed by atoms with Crippen LogP contribution >= 0.6 is 0 Å². The summed E-state index contributed by atoms with van der Waals surface area (Å²) in [5.41, 5.74) is 14.6. The molecule has 3 heteroatoms. The lowest BCUT2D eigenvalue weighted by molar-refractivity contribution is 0.630. The van der Waals surface area contributed by atoms with Crippen molar-refractivity contribution < 1.29 is 0 Å². The molecular formula is C43H35N3. The number of fused-ring (bicyclic) bond motifs is 4. The average molecular weight is 594 g/mol. The van der Waals surface area contributed by atoms with Crippen LogP contribution < -0.4 is 9.80 Å². The molecular weight excluding hydrogens is 558 g/mol. The molecule has 0 atom stereocenters. The summed E-state index contributed by atoms with van der Waals surface area (Å²) in [6.07, 6.45) is 0. The van der Waals surface area contributed by atoms with Crippen LogP contribution in [0.25, 0.3) is 11.1 Å². The fourth-order valence-corrected chi connectivity index (χ4v) is 7.74. The normalized spacial score (nSPS) is 15.2. The molecule has 222 valence electrons. The van der Waals surface area contributed by atoms with Crippen molar-refractivity contribution in [3.8, 4) is 17.2 Å². The molecule has 0 bridgehead atoms. The van der Waals surface area contributed by atoms with Crippen molar-refractivity contribution in [2.75, 3.05) is 9.80 Å². The molecule has 0 fully saturated rings. The second-order valence-corrected chi connectivity index (χ2v) is 13.4. The molecule has 0 aromatic heterocycles. The highest BCUT2D eigenvalue weighted by Gasteiger charge is 2.41. The zero-order valence-electron chi connectivity index (χ0n) is 26.6. The third-order valence-electron chi connectivity index (χ3n) is 10.1. The SMILES string of the molecule is CC1(C)c2ccccc2N(c2cccc(-c3ccc(C#N)cc3)c2N2c3ccccc3C(C)(C)c3ccccc32)c2ccccc21. The number of nitrogens with zero attached hydrogens (tertiary/aromatic N) is 3. The van der Waals surface area contributed by atoms with Crippen LogP contribution in [-0.4, -0.2) is 0 Å². The van der Waals surface area contributed by atoms with Crippen LogP contribution in [0.15, 0.2) is 140 Å². The lowest BCUT2D eigenvalue weighted by Gasteiger charge is -2.46. The van der Waals surface area contributed by atoms with Crippen LogP contribution in [0.1, 0.15) is 55.5 Å². The van der Waals surface area contributed by atoms with Gasteiger partial charge in [0, 0.05) is 16.4 Å². The molecule has 0 saturated heterocycles. The highest BCUT2D eigenvalue weighted by atomic mass is 15.2. The number of rotatable bonds is 3. The summed E-state index contributed by atoms with van der Waals surface area (Å²) in [5, 5.41) is 9.60. The van der Waals surface area contributed by atoms with Crippen LogP contribution in [0.3, 0.4) is 0 Å². The Bertz CT molecular complexity index is 2080. The molecule has 6 aromatic rings. The van der Waals surface area contributed by atoms with E-state index in [-0.39, 0.29) is 10.8 Å². The molecule has 0 spiro atoms. The maximum absolute atomic E-state index is 9.60. The summed E-state index contributed by atoms with van der Waals surface area (Å²) in [7, 11) is 0. The molecule has 3 nitrogen and oxygen atoms in total. The van der Waals surface area contributed by atoms with Gasteiger partial charge in [-0.05, 0) is 70.3 Å². The molecule has 2 heterocycles. The second kappa shape index (κ2) is 10.2. The molecule has 0 unspecified atom stereocenters. The first kappa shape index (κ1) is 27.9. The van der Waals surface area contributed by atoms with Gasteiger partial charge in [0.05, 0.1) is 45.8 Å². The molecule has 6 aromatic carbocycles. The predicted molar refractivity (Wildman–Crippen MR) is 190 cm³/mol. The summed E-state index contributed by atoms with van der Waals surface area (Å²) in [4.78, 5) is 4.94. The van der Waals surface area contributed by atoms with Crippen molar-refractivity contribution in [2.24, 2.45) is 0 Å². The molecule has 0 aliphatic carbocycles. The van der Waals surface area contributed by atoms with Crippen molar-refractivity contribution in [2.45, 2.75) is 38.5 Å². The summed E-state index contributed by atoms with van der Waals surface area (Å²) in [6.45, 7) is 9.31. The largest absolute Gasteiger partial charge is 0.308 e. The minimum absolute atomic E-state index is 0.164. The standard InChI is InChI=1S/C43H35N3/c1-42(2)32-15-5-9-19-36(32)45(37-20-10-6-16-33(37)42)40-23-13-14-31(30-26-24-29(28-44)25-27-30)41(40)46-38-21-11-7-17-34(38)43(3,4)35-18-8-12-22-39(35)46/h5-27H,1-4H3. The van der Waals surface area contributed by atoms with Gasteiger partial charge in [-0.2, -0.15) is 5.26 Å². The topological polar surface area (TPSA) is 30.3 Å². The van der Waals surface area contributed by atoms with Gasteiger partial charge < -0.3 is 9.80 Å². The van der Waals surface area contributed by atoms with E-state index in [1.165, 1.54) is 45.0 Å². The quantitative estimate of drug-likeness (QED) is 0.204. The minimum Gasteiger partial charge on any atom is -0.308 e. The van der Waals surface area contributed by atoms with E-state index >= 15 is 0 Å². The first-order valence-electron chi connectivity index (χ1n) is 15.9. The number of nitriles is 1. The van der Waals surface area contributed by atoms with E-state index in [0.29, 0.717) is 5.56 Å². The van der Waals surface area contributed by atoms with Crippen molar-refractivity contribution >= 4 is 34.1 Å². The Hall–Kier alpha value is -5.59. The van der Waals surface area contributed by atoms with E-state index in [1.807, 2.05) is 12.1 Å². The van der Waals surface area contributed by atoms with E-state index in [2.05, 4.69) is 171 Å². The minimum atomic E-state index is -0.179. The van der Waals surface area contributed by atoms with E-state index in [4.69, 9.17) is 0 Å². The number of hydrogen-bond donors (Lipinski definition) is 0. The van der Waals surface area contributed by atoms with Crippen LogP contribution in [0.5, 0.6) is 0 Å². The van der Waals surface area contributed by atoms with Gasteiger partial charge in [0.15, 0.2) is 0 Å². The van der Waals surface area contributed by atoms with Gasteiger partial charge in [-0.1, -0.05) is 125 Å². The van der Waals surface area contributed by atoms with Crippen LogP contribution in [-0.2, 0) is 10.8 Å². The lowest BCUT2D eigenvalue weighted by Crippen LogP contribution is -2.33. The fourth-order valence-electron chi connectivity index (χ4n) is 7.74. The van der Waals surface area contributed by atoms with Crippen molar-refractivity contribution in [3.05, 3.63) is 167 Å². The van der Waals surface area contributed by atoms with E-state index in [1.54, 1.807) is 0 Å². The second-order valence-electron chi connectivity index (χ2n) is 13.4. The van der Waals surface area contributed by atoms with Crippen molar-refractivity contribution in [1.82, 2.24) is 0 Å². The van der Waals surface area contributed by atoms with Crippen LogP contribution in [0, 0.1) is 11.3 Å². The highest BCUT2D eigenvalue weighted by Crippen LogP contribution is 2.59. The smallest absolute Gasteiger partial charge is 0.0991 e. The number of para-hydroxylation sites is 5. The van der Waals surface area contributed by atoms with Gasteiger partial charge in [0.25, 0.3) is 0 Å². The molecule has 8 rings (SSSR count). The summed E-state index contributed by atoms with van der Waals surface area (Å²) in [5.74, 6) is 0. The third kappa shape index (κ3) is 3.97. The number of hydrogen-bond acceptors (Lipinski definition) is 3. The maximum atomic E-state index is 9.60. The third-order valence-corrected chi connectivity index (χ3v) is 10.1. The van der Waals surface area contributed by atoms with E-state index in [9.17, 15) is 5.26 Å². The Labute approximate surface area is 271 Å². The molecule has 0 amide bonds. The van der Waals surface area contributed by atoms with Gasteiger partial charge in [0.2, 0.25) is 0 Å². The molecule has 0 saturated carbocycles. The van der Waals surface area contributed by atoms with Gasteiger partial charge in [-0.15, -0.1) is 0 Å². The zero-order valence-corrected chi connectivity index (χ0v) is 26.6. The molecule has 46 heavy (non-hydrogen) atoms. The number of anilines is 6. The Morgan fingerprint density at radius 3 is 1.26 bits per heavy atom. The van der Waals surface area contributed by atoms with Gasteiger partial charge in [-0.25, -0.2) is 0 Å². The van der Waals surface area contributed by atoms with Crippen LogP contribution in [0.2, 0.25) is 0 Å². The molecule has 0 radical (unpaired) electrons. The van der Waals surface area contributed by atoms with Gasteiger partial charge >= 0.3 is 0 Å². The molecule has 0 N–H and O–H groups in total. The predicted octanol–water partition coefficient (Wildman–Crippen LogP) is 11.4. The monoisotopic (exact) mass is 593 g/mol. The Balaban J connectivity index is 1.50. The fraction of sp³-hybridized carbons (Fsp3) is 0.140. The van der Waals surface area contributed by atoms with Crippen molar-refractivity contribution in [1.29, 1.82) is 5.26 Å². The van der Waals surface area contributed by atoms with E-state index in [0.717, 1.165) is 22.5 Å². The zero-order chi connectivity index (χ0) is 31.6. The summed E-state index contributed by atoms with van der Waals surface area (Å²) < 4.78 is 0. The maximum Gasteiger partial charge on any atom is 0.0991 e. The Kier molecular flexibility index (Phi) is 6.21. The Morgan fingerprint density at radius 1 is 0.435 bits per heavy atom. The molecule has 2 aliphatic heterocycles. The first-order valence-corrected chi connectivity index (χ1v) is 15.9. The summed E-state index contributed by atoms with van der Waals surface area (Å²) >= 11 is 0. The van der Waals surface area contributed by atoms with Crippen LogP contribution in [0.4, 0.5) is 34.1 Å². The summed E-state index contributed by atoms with van der Waals surface area (Å²) in [6, 6.07) is 52.3.